The molecule has 0 aromatic heterocycles. The number of rotatable bonds is 6. The van der Waals surface area contributed by atoms with Gasteiger partial charge in [0.1, 0.15) is 5.54 Å². The van der Waals surface area contributed by atoms with Crippen LogP contribution in [0.5, 0.6) is 0 Å². The number of aryl methyl sites for hydroxylation is 1. The molecule has 0 aliphatic rings. The Balaban J connectivity index is 1.99. The van der Waals surface area contributed by atoms with Crippen LogP contribution in [-0.4, -0.2) is 22.5 Å². The molecule has 0 bridgehead atoms. The molecule has 2 N–H and O–H groups in total. The van der Waals surface area contributed by atoms with E-state index in [2.05, 4.69) is 11.4 Å². The average Bonchev–Trinajstić information content (AvgIpc) is 2.52. The maximum Gasteiger partial charge on any atom is 0.329 e. The van der Waals surface area contributed by atoms with Gasteiger partial charge in [0.25, 0.3) is 0 Å². The van der Waals surface area contributed by atoms with E-state index in [1.165, 1.54) is 12.3 Å². The highest BCUT2D eigenvalue weighted by molar-refractivity contribution is 5.87. The molecule has 0 fully saturated rings. The summed E-state index contributed by atoms with van der Waals surface area (Å²) in [5, 5.41) is 14.1. The van der Waals surface area contributed by atoms with Crippen LogP contribution in [0, 0.1) is 0 Å². The first-order valence-corrected chi connectivity index (χ1v) is 7.47. The Labute approximate surface area is 130 Å². The molecule has 0 spiro atoms. The van der Waals surface area contributed by atoms with Crippen molar-refractivity contribution in [3.05, 3.63) is 48.0 Å². The summed E-state index contributed by atoms with van der Waals surface area (Å²) in [5.41, 5.74) is -0.122. The highest BCUT2D eigenvalue weighted by Gasteiger charge is 2.32. The number of carbonyl (C=O) groups excluding carboxylic acids is 1. The lowest BCUT2D eigenvalue weighted by Crippen LogP contribution is -2.51. The Morgan fingerprint density at radius 2 is 1.82 bits per heavy atom. The van der Waals surface area contributed by atoms with Crippen molar-refractivity contribution in [1.82, 2.24) is 5.32 Å². The second kappa shape index (κ2) is 6.60. The van der Waals surface area contributed by atoms with Gasteiger partial charge in [0, 0.05) is 6.42 Å². The van der Waals surface area contributed by atoms with Gasteiger partial charge in [-0.2, -0.15) is 0 Å². The molecule has 0 radical (unpaired) electrons. The summed E-state index contributed by atoms with van der Waals surface area (Å²) < 4.78 is 0. The predicted octanol–water partition coefficient (Wildman–Crippen LogP) is 3.14. The SMILES string of the molecule is CCC(C)(NC(=O)CCc1ccc2ccccc2c1)C(=O)O. The third kappa shape index (κ3) is 3.64. The molecular weight excluding hydrogens is 278 g/mol. The first-order chi connectivity index (χ1) is 10.4. The van der Waals surface area contributed by atoms with E-state index in [1.54, 1.807) is 6.92 Å². The van der Waals surface area contributed by atoms with E-state index in [9.17, 15) is 14.7 Å². The van der Waals surface area contributed by atoms with E-state index in [1.807, 2.05) is 36.4 Å². The Hall–Kier alpha value is -2.36. The summed E-state index contributed by atoms with van der Waals surface area (Å²) in [4.78, 5) is 23.2. The van der Waals surface area contributed by atoms with Gasteiger partial charge in [0.05, 0.1) is 0 Å². The number of hydrogen-bond donors (Lipinski definition) is 2. The number of aliphatic carboxylic acids is 1. The summed E-state index contributed by atoms with van der Waals surface area (Å²) in [7, 11) is 0. The zero-order valence-electron chi connectivity index (χ0n) is 12.9. The van der Waals surface area contributed by atoms with Crippen molar-refractivity contribution in [1.29, 1.82) is 0 Å². The molecule has 2 aromatic rings. The minimum Gasteiger partial charge on any atom is -0.480 e. The van der Waals surface area contributed by atoms with Crippen molar-refractivity contribution in [2.24, 2.45) is 0 Å². The minimum absolute atomic E-state index is 0.236. The lowest BCUT2D eigenvalue weighted by Gasteiger charge is -2.24. The number of fused-ring (bicyclic) bond motifs is 1. The van der Waals surface area contributed by atoms with Crippen molar-refractivity contribution in [3.8, 4) is 0 Å². The molecule has 1 unspecified atom stereocenters. The number of benzene rings is 2. The van der Waals surface area contributed by atoms with Crippen molar-refractivity contribution in [3.63, 3.8) is 0 Å². The average molecular weight is 299 g/mol. The van der Waals surface area contributed by atoms with Gasteiger partial charge < -0.3 is 10.4 Å². The summed E-state index contributed by atoms with van der Waals surface area (Å²) in [6.45, 7) is 3.28. The summed E-state index contributed by atoms with van der Waals surface area (Å²) in [6.07, 6.45) is 1.22. The van der Waals surface area contributed by atoms with Crippen LogP contribution >= 0.6 is 0 Å². The normalized spacial score (nSPS) is 13.5. The van der Waals surface area contributed by atoms with E-state index in [-0.39, 0.29) is 12.3 Å². The predicted molar refractivity (Wildman–Crippen MR) is 86.7 cm³/mol. The maximum absolute atomic E-state index is 12.0. The Kier molecular flexibility index (Phi) is 4.81. The van der Waals surface area contributed by atoms with E-state index < -0.39 is 11.5 Å². The van der Waals surface area contributed by atoms with E-state index >= 15 is 0 Å². The third-order valence-corrected chi connectivity index (χ3v) is 4.05. The fraction of sp³-hybridized carbons (Fsp3) is 0.333. The molecule has 4 nitrogen and oxygen atoms in total. The van der Waals surface area contributed by atoms with Crippen LogP contribution in [0.15, 0.2) is 42.5 Å². The summed E-state index contributed by atoms with van der Waals surface area (Å²) in [6, 6.07) is 14.2. The fourth-order valence-electron chi connectivity index (χ4n) is 2.32. The molecule has 0 aliphatic carbocycles. The van der Waals surface area contributed by atoms with E-state index in [0.717, 1.165) is 10.9 Å². The Morgan fingerprint density at radius 1 is 1.14 bits per heavy atom. The number of carboxylic acid groups (broad SMARTS) is 1. The number of hydrogen-bond acceptors (Lipinski definition) is 2. The van der Waals surface area contributed by atoms with Crippen molar-refractivity contribution in [2.75, 3.05) is 0 Å². The first-order valence-electron chi connectivity index (χ1n) is 7.47. The van der Waals surface area contributed by atoms with Gasteiger partial charge in [-0.1, -0.05) is 49.4 Å². The standard InChI is InChI=1S/C18H21NO3/c1-3-18(2,17(21)22)19-16(20)11-9-13-8-10-14-6-4-5-7-15(14)12-13/h4-8,10,12H,3,9,11H2,1-2H3,(H,19,20)(H,21,22). The van der Waals surface area contributed by atoms with Gasteiger partial charge in [-0.3, -0.25) is 4.79 Å². The zero-order chi connectivity index (χ0) is 16.2. The molecule has 0 heterocycles. The topological polar surface area (TPSA) is 66.4 Å². The van der Waals surface area contributed by atoms with Crippen LogP contribution in [0.25, 0.3) is 10.8 Å². The van der Waals surface area contributed by atoms with Gasteiger partial charge >= 0.3 is 5.97 Å². The zero-order valence-corrected chi connectivity index (χ0v) is 12.9. The van der Waals surface area contributed by atoms with Crippen molar-refractivity contribution >= 4 is 22.6 Å². The van der Waals surface area contributed by atoms with E-state index in [4.69, 9.17) is 0 Å². The number of carboxylic acids is 1. The highest BCUT2D eigenvalue weighted by Crippen LogP contribution is 2.17. The largest absolute Gasteiger partial charge is 0.480 e. The maximum atomic E-state index is 12.0. The van der Waals surface area contributed by atoms with Crippen LogP contribution in [0.3, 0.4) is 0 Å². The number of amides is 1. The van der Waals surface area contributed by atoms with E-state index in [0.29, 0.717) is 12.8 Å². The second-order valence-corrected chi connectivity index (χ2v) is 5.72. The summed E-state index contributed by atoms with van der Waals surface area (Å²) in [5.74, 6) is -1.24. The quantitative estimate of drug-likeness (QED) is 0.861. The third-order valence-electron chi connectivity index (χ3n) is 4.05. The summed E-state index contributed by atoms with van der Waals surface area (Å²) >= 11 is 0. The van der Waals surface area contributed by atoms with Crippen molar-refractivity contribution < 1.29 is 14.7 Å². The van der Waals surface area contributed by atoms with Gasteiger partial charge in [0.15, 0.2) is 0 Å². The highest BCUT2D eigenvalue weighted by atomic mass is 16.4. The molecule has 1 atom stereocenters. The lowest BCUT2D eigenvalue weighted by molar-refractivity contribution is -0.147. The van der Waals surface area contributed by atoms with Crippen molar-refractivity contribution in [2.45, 2.75) is 38.6 Å². The molecule has 0 aliphatic heterocycles. The molecule has 2 aromatic carbocycles. The van der Waals surface area contributed by atoms with Crippen LogP contribution in [0.2, 0.25) is 0 Å². The molecule has 116 valence electrons. The monoisotopic (exact) mass is 299 g/mol. The first kappa shape index (κ1) is 16.0. The Morgan fingerprint density at radius 3 is 2.45 bits per heavy atom. The van der Waals surface area contributed by atoms with Gasteiger partial charge in [-0.25, -0.2) is 4.79 Å². The molecule has 0 saturated carbocycles. The number of nitrogens with one attached hydrogen (secondary N) is 1. The van der Waals surface area contributed by atoms with Crippen LogP contribution in [0.4, 0.5) is 0 Å². The molecule has 4 heteroatoms. The number of carbonyl (C=O) groups is 2. The van der Waals surface area contributed by atoms with Gasteiger partial charge in [-0.05, 0) is 36.1 Å². The van der Waals surface area contributed by atoms with Crippen LogP contribution in [0.1, 0.15) is 32.3 Å². The van der Waals surface area contributed by atoms with Crippen LogP contribution in [-0.2, 0) is 16.0 Å². The molecular formula is C18H21NO3. The lowest BCUT2D eigenvalue weighted by atomic mass is 9.98. The van der Waals surface area contributed by atoms with Gasteiger partial charge in [-0.15, -0.1) is 0 Å². The molecule has 0 saturated heterocycles. The fourth-order valence-corrected chi connectivity index (χ4v) is 2.32. The molecule has 22 heavy (non-hydrogen) atoms. The minimum atomic E-state index is -1.19. The second-order valence-electron chi connectivity index (χ2n) is 5.72. The molecule has 2 rings (SSSR count). The molecule has 1 amide bonds. The van der Waals surface area contributed by atoms with Gasteiger partial charge in [0.2, 0.25) is 5.91 Å². The smallest absolute Gasteiger partial charge is 0.329 e. The Bertz CT molecular complexity index is 696. The van der Waals surface area contributed by atoms with Crippen LogP contribution < -0.4 is 5.32 Å².